The summed E-state index contributed by atoms with van der Waals surface area (Å²) in [6.45, 7) is 2.19. The lowest BCUT2D eigenvalue weighted by Crippen LogP contribution is -2.62. The third-order valence-electron chi connectivity index (χ3n) is 9.26. The topological polar surface area (TPSA) is 94.9 Å². The van der Waals surface area contributed by atoms with Gasteiger partial charge in [-0.15, -0.1) is 0 Å². The quantitative estimate of drug-likeness (QED) is 0.638. The Labute approximate surface area is 200 Å². The molecular formula is C27H33N3O4. The first-order valence-corrected chi connectivity index (χ1v) is 12.3. The maximum absolute atomic E-state index is 13.3. The number of amides is 1. The van der Waals surface area contributed by atoms with Crippen molar-refractivity contribution in [2.24, 2.45) is 11.3 Å². The van der Waals surface area contributed by atoms with Crippen LogP contribution in [0.4, 0.5) is 5.69 Å². The number of rotatable bonds is 3. The lowest BCUT2D eigenvalue weighted by atomic mass is 9.59. The van der Waals surface area contributed by atoms with Gasteiger partial charge in [0.1, 0.15) is 6.10 Å². The van der Waals surface area contributed by atoms with Crippen molar-refractivity contribution in [3.8, 4) is 0 Å². The number of hydrogen-bond donors (Lipinski definition) is 3. The van der Waals surface area contributed by atoms with Crippen LogP contribution in [-0.4, -0.2) is 69.6 Å². The van der Waals surface area contributed by atoms with Crippen LogP contribution in [0.5, 0.6) is 0 Å². The summed E-state index contributed by atoms with van der Waals surface area (Å²) in [6.07, 6.45) is 11.8. The van der Waals surface area contributed by atoms with Crippen LogP contribution in [0.3, 0.4) is 0 Å². The van der Waals surface area contributed by atoms with Crippen LogP contribution in [-0.2, 0) is 9.53 Å². The molecule has 34 heavy (non-hydrogen) atoms. The molecule has 6 rings (SSSR count). The Morgan fingerprint density at radius 2 is 2.09 bits per heavy atom. The summed E-state index contributed by atoms with van der Waals surface area (Å²) < 4.78 is 7.10. The smallest absolute Gasteiger partial charge is 0.251 e. The van der Waals surface area contributed by atoms with Gasteiger partial charge in [-0.05, 0) is 69.5 Å². The van der Waals surface area contributed by atoms with E-state index >= 15 is 0 Å². The second kappa shape index (κ2) is 7.34. The number of nitrogens with zero attached hydrogens (tertiary/aromatic N) is 2. The summed E-state index contributed by atoms with van der Waals surface area (Å²) in [5.74, 6) is 0.0727. The minimum atomic E-state index is -0.936. The van der Waals surface area contributed by atoms with Gasteiger partial charge in [0.25, 0.3) is 5.91 Å². The van der Waals surface area contributed by atoms with Crippen LogP contribution in [0.1, 0.15) is 39.0 Å². The van der Waals surface area contributed by atoms with Gasteiger partial charge in [0.05, 0.1) is 29.2 Å². The van der Waals surface area contributed by atoms with Crippen LogP contribution in [0.25, 0.3) is 0 Å². The van der Waals surface area contributed by atoms with Gasteiger partial charge in [0.2, 0.25) is 0 Å². The van der Waals surface area contributed by atoms with E-state index in [2.05, 4.69) is 35.5 Å². The van der Waals surface area contributed by atoms with E-state index < -0.39 is 23.4 Å². The zero-order valence-corrected chi connectivity index (χ0v) is 20.0. The number of aliphatic hydroxyl groups is 2. The van der Waals surface area contributed by atoms with Crippen molar-refractivity contribution in [3.63, 3.8) is 0 Å². The number of aliphatic hydroxyl groups excluding tert-OH is 2. The standard InChI is InChI=1S/C27H33N3O4/c1-25-9-8-16-13-19-22(31)23(32)20(30(2)3)14-26(19)10-11-27(16,34-26)21(25)7-6-18(25)24(33)29-17-5-4-12-28-15-17/h4-6,8,12-13,15,20-23,31-32H,7,9-11,14H2,1-3H3,(H,29,33). The number of pyridine rings is 1. The average molecular weight is 464 g/mol. The average Bonchev–Trinajstić information content (AvgIpc) is 3.33. The number of nitrogens with one attached hydrogen (secondary N) is 1. The lowest BCUT2D eigenvalue weighted by Gasteiger charge is -2.55. The Bertz CT molecular complexity index is 1130. The van der Waals surface area contributed by atoms with Crippen molar-refractivity contribution >= 4 is 11.6 Å². The lowest BCUT2D eigenvalue weighted by molar-refractivity contribution is -0.163. The predicted octanol–water partition coefficient (Wildman–Crippen LogP) is 2.59. The molecule has 0 aromatic carbocycles. The summed E-state index contributed by atoms with van der Waals surface area (Å²) in [4.78, 5) is 19.4. The van der Waals surface area contributed by atoms with E-state index in [0.717, 1.165) is 42.4 Å². The van der Waals surface area contributed by atoms with Crippen LogP contribution in [0.2, 0.25) is 0 Å². The van der Waals surface area contributed by atoms with Gasteiger partial charge >= 0.3 is 0 Å². The predicted molar refractivity (Wildman–Crippen MR) is 128 cm³/mol. The Morgan fingerprint density at radius 3 is 2.82 bits per heavy atom. The van der Waals surface area contributed by atoms with E-state index in [4.69, 9.17) is 4.74 Å². The van der Waals surface area contributed by atoms with Crippen molar-refractivity contribution in [2.75, 3.05) is 19.4 Å². The first-order chi connectivity index (χ1) is 16.2. The number of anilines is 1. The molecule has 7 unspecified atom stereocenters. The normalized spacial score (nSPS) is 42.2. The molecule has 0 radical (unpaired) electrons. The number of ether oxygens (including phenoxy) is 1. The Morgan fingerprint density at radius 1 is 1.26 bits per heavy atom. The van der Waals surface area contributed by atoms with Crippen molar-refractivity contribution < 1.29 is 19.7 Å². The Kier molecular flexibility index (Phi) is 4.78. The second-order valence-corrected chi connectivity index (χ2v) is 11.1. The molecule has 1 amide bonds. The molecule has 3 N–H and O–H groups in total. The minimum absolute atomic E-state index is 0.0742. The largest absolute Gasteiger partial charge is 0.388 e. The Balaban J connectivity index is 1.35. The molecule has 5 aliphatic rings. The van der Waals surface area contributed by atoms with Gasteiger partial charge in [-0.3, -0.25) is 9.78 Å². The van der Waals surface area contributed by atoms with Crippen LogP contribution in [0.15, 0.2) is 59.5 Å². The van der Waals surface area contributed by atoms with Gasteiger partial charge in [-0.1, -0.05) is 25.2 Å². The fourth-order valence-electron chi connectivity index (χ4n) is 7.48. The van der Waals surface area contributed by atoms with E-state index in [1.807, 2.05) is 31.1 Å². The van der Waals surface area contributed by atoms with E-state index in [0.29, 0.717) is 12.1 Å². The molecule has 1 aromatic heterocycles. The molecule has 7 nitrogen and oxygen atoms in total. The van der Waals surface area contributed by atoms with Gasteiger partial charge in [0, 0.05) is 29.1 Å². The minimum Gasteiger partial charge on any atom is -0.388 e. The number of carbonyl (C=O) groups excluding carboxylic acids is 1. The number of aromatic nitrogens is 1. The second-order valence-electron chi connectivity index (χ2n) is 11.1. The van der Waals surface area contributed by atoms with Gasteiger partial charge < -0.3 is 25.2 Å². The molecule has 7 atom stereocenters. The van der Waals surface area contributed by atoms with Crippen molar-refractivity contribution in [2.45, 2.75) is 68.5 Å². The fourth-order valence-corrected chi connectivity index (χ4v) is 7.48. The number of allylic oxidation sites excluding steroid dienone is 2. The van der Waals surface area contributed by atoms with Crippen molar-refractivity contribution in [1.29, 1.82) is 0 Å². The Hall–Kier alpha value is -2.32. The number of likely N-dealkylation sites (N-methyl/N-ethyl adjacent to an activating group) is 1. The van der Waals surface area contributed by atoms with Crippen LogP contribution in [0, 0.1) is 11.3 Å². The maximum Gasteiger partial charge on any atom is 0.251 e. The number of carbonyl (C=O) groups is 1. The van der Waals surface area contributed by atoms with Crippen LogP contribution >= 0.6 is 0 Å². The van der Waals surface area contributed by atoms with E-state index in [9.17, 15) is 15.0 Å². The molecule has 3 heterocycles. The highest BCUT2D eigenvalue weighted by atomic mass is 16.5. The molecular weight excluding hydrogens is 430 g/mol. The molecule has 2 bridgehead atoms. The number of hydrogen-bond acceptors (Lipinski definition) is 6. The first-order valence-electron chi connectivity index (χ1n) is 12.3. The van der Waals surface area contributed by atoms with Gasteiger partial charge in [0.15, 0.2) is 0 Å². The monoisotopic (exact) mass is 463 g/mol. The molecule has 2 fully saturated rings. The van der Waals surface area contributed by atoms with Crippen LogP contribution < -0.4 is 5.32 Å². The maximum atomic E-state index is 13.3. The molecule has 2 spiro atoms. The first kappa shape index (κ1) is 22.2. The summed E-state index contributed by atoms with van der Waals surface area (Å²) in [5, 5.41) is 24.9. The van der Waals surface area contributed by atoms with Gasteiger partial charge in [-0.25, -0.2) is 0 Å². The molecule has 1 saturated carbocycles. The summed E-state index contributed by atoms with van der Waals surface area (Å²) >= 11 is 0. The van der Waals surface area contributed by atoms with E-state index in [1.165, 1.54) is 0 Å². The molecule has 7 heteroatoms. The highest BCUT2D eigenvalue weighted by Crippen LogP contribution is 2.66. The van der Waals surface area contributed by atoms with Crippen molar-refractivity contribution in [3.05, 3.63) is 59.5 Å². The molecule has 180 valence electrons. The fraction of sp³-hybridized carbons (Fsp3) is 0.556. The van der Waals surface area contributed by atoms with Crippen molar-refractivity contribution in [1.82, 2.24) is 9.88 Å². The molecule has 3 aliphatic carbocycles. The summed E-state index contributed by atoms with van der Waals surface area (Å²) in [7, 11) is 3.88. The zero-order valence-electron chi connectivity index (χ0n) is 20.0. The highest BCUT2D eigenvalue weighted by Gasteiger charge is 2.67. The van der Waals surface area contributed by atoms with E-state index in [-0.39, 0.29) is 23.3 Å². The summed E-state index contributed by atoms with van der Waals surface area (Å²) in [6, 6.07) is 3.48. The molecule has 1 aromatic rings. The van der Waals surface area contributed by atoms with Gasteiger partial charge in [-0.2, -0.15) is 0 Å². The third-order valence-corrected chi connectivity index (χ3v) is 9.26. The third kappa shape index (κ3) is 2.84. The number of fused-ring (bicyclic) bond motifs is 1. The summed E-state index contributed by atoms with van der Waals surface area (Å²) in [5.41, 5.74) is 2.07. The molecule has 2 aliphatic heterocycles. The zero-order chi connectivity index (χ0) is 23.9. The SMILES string of the molecule is CN(C)C1CC23CCC4(O2)C(=CCC2(C)C(C(=O)Nc5cccnc5)=CCC24)C=C3C(O)C1O. The highest BCUT2D eigenvalue weighted by molar-refractivity contribution is 6.05. The van der Waals surface area contributed by atoms with E-state index in [1.54, 1.807) is 12.4 Å². The molecule has 1 saturated heterocycles.